The first-order valence-corrected chi connectivity index (χ1v) is 7.94. The maximum atomic E-state index is 12.1. The van der Waals surface area contributed by atoms with Crippen LogP contribution in [-0.4, -0.2) is 36.2 Å². The fraction of sp³-hybridized carbons (Fsp3) is 0.438. The van der Waals surface area contributed by atoms with Crippen LogP contribution in [0.2, 0.25) is 0 Å². The van der Waals surface area contributed by atoms with Gasteiger partial charge in [-0.05, 0) is 48.6 Å². The average molecular weight is 291 g/mol. The molecule has 1 atom stereocenters. The molecule has 0 heterocycles. The van der Waals surface area contributed by atoms with Gasteiger partial charge in [0.25, 0.3) is 5.91 Å². The van der Waals surface area contributed by atoms with Crippen molar-refractivity contribution in [3.8, 4) is 11.8 Å². The van der Waals surface area contributed by atoms with Crippen molar-refractivity contribution in [3.63, 3.8) is 0 Å². The Labute approximate surface area is 125 Å². The van der Waals surface area contributed by atoms with Crippen LogP contribution in [0.1, 0.15) is 28.4 Å². The third-order valence-corrected chi connectivity index (χ3v) is 3.62. The number of carbonyl (C=O) groups excluding carboxylic acids is 1. The fourth-order valence-electron chi connectivity index (χ4n) is 1.84. The van der Waals surface area contributed by atoms with Gasteiger partial charge in [0, 0.05) is 17.7 Å². The number of aliphatic hydroxyl groups excluding tert-OH is 1. The van der Waals surface area contributed by atoms with E-state index in [4.69, 9.17) is 5.11 Å². The molecule has 1 amide bonds. The summed E-state index contributed by atoms with van der Waals surface area (Å²) in [6.07, 6.45) is 2.06. The summed E-state index contributed by atoms with van der Waals surface area (Å²) in [5.41, 5.74) is 2.35. The zero-order chi connectivity index (χ0) is 15.0. The van der Waals surface area contributed by atoms with E-state index < -0.39 is 0 Å². The summed E-state index contributed by atoms with van der Waals surface area (Å²) in [6, 6.07) is 5.50. The molecular formula is C16H21NO2S. The van der Waals surface area contributed by atoms with Gasteiger partial charge in [0.05, 0.1) is 0 Å². The smallest absolute Gasteiger partial charge is 0.251 e. The highest BCUT2D eigenvalue weighted by Crippen LogP contribution is 2.10. The summed E-state index contributed by atoms with van der Waals surface area (Å²) in [7, 11) is 0. The third kappa shape index (κ3) is 5.68. The second kappa shape index (κ2) is 8.68. The van der Waals surface area contributed by atoms with Gasteiger partial charge in [0.2, 0.25) is 0 Å². The Kier molecular flexibility index (Phi) is 7.21. The molecule has 0 aliphatic rings. The highest BCUT2D eigenvalue weighted by molar-refractivity contribution is 7.98. The van der Waals surface area contributed by atoms with Crippen LogP contribution in [0.15, 0.2) is 18.2 Å². The van der Waals surface area contributed by atoms with E-state index in [1.807, 2.05) is 19.1 Å². The van der Waals surface area contributed by atoms with Gasteiger partial charge < -0.3 is 10.4 Å². The molecule has 0 spiro atoms. The van der Waals surface area contributed by atoms with Gasteiger partial charge in [-0.3, -0.25) is 4.79 Å². The number of benzene rings is 1. The van der Waals surface area contributed by atoms with Crippen molar-refractivity contribution in [1.82, 2.24) is 5.32 Å². The lowest BCUT2D eigenvalue weighted by molar-refractivity contribution is 0.0949. The largest absolute Gasteiger partial charge is 0.384 e. The molecule has 0 aliphatic heterocycles. The number of thioether (sulfide) groups is 1. The molecule has 0 fully saturated rings. The number of hydrogen-bond acceptors (Lipinski definition) is 3. The Bertz CT molecular complexity index is 517. The summed E-state index contributed by atoms with van der Waals surface area (Å²) in [6.45, 7) is 4.54. The van der Waals surface area contributed by atoms with Crippen molar-refractivity contribution in [1.29, 1.82) is 0 Å². The van der Waals surface area contributed by atoms with Crippen LogP contribution >= 0.6 is 11.8 Å². The van der Waals surface area contributed by atoms with Gasteiger partial charge in [-0.15, -0.1) is 0 Å². The van der Waals surface area contributed by atoms with Crippen LogP contribution < -0.4 is 5.32 Å². The van der Waals surface area contributed by atoms with Gasteiger partial charge in [-0.2, -0.15) is 11.8 Å². The average Bonchev–Trinajstić information content (AvgIpc) is 2.42. The number of rotatable bonds is 5. The number of hydrogen-bond donors (Lipinski definition) is 2. The lowest BCUT2D eigenvalue weighted by Gasteiger charge is -2.11. The first kappa shape index (κ1) is 16.6. The zero-order valence-corrected chi connectivity index (χ0v) is 13.0. The molecule has 1 aromatic carbocycles. The predicted molar refractivity (Wildman–Crippen MR) is 85.0 cm³/mol. The molecule has 1 unspecified atom stereocenters. The normalized spacial score (nSPS) is 11.4. The maximum Gasteiger partial charge on any atom is 0.251 e. The Hall–Kier alpha value is -1.44. The van der Waals surface area contributed by atoms with E-state index in [9.17, 15) is 4.79 Å². The molecule has 0 aliphatic carbocycles. The third-order valence-electron chi connectivity index (χ3n) is 2.71. The molecule has 2 N–H and O–H groups in total. The number of nitrogens with one attached hydrogen (secondary N) is 1. The molecule has 108 valence electrons. The number of amides is 1. The molecule has 0 saturated carbocycles. The summed E-state index contributed by atoms with van der Waals surface area (Å²) in [5, 5.41) is 11.7. The van der Waals surface area contributed by atoms with Crippen LogP contribution in [0, 0.1) is 24.7 Å². The number of aliphatic hydroxyl groups is 1. The molecule has 0 aromatic heterocycles. The standard InChI is InChI=1S/C16H21NO2S/c1-12-7-14(5-4-6-18)9-15(8-12)16(19)17-10-13(2)11-20-3/h7-9,13,18H,6,10-11H2,1-3H3,(H,17,19). The Morgan fingerprint density at radius 2 is 2.20 bits per heavy atom. The van der Waals surface area contributed by atoms with E-state index in [1.165, 1.54) is 0 Å². The lowest BCUT2D eigenvalue weighted by atomic mass is 10.1. The van der Waals surface area contributed by atoms with E-state index in [1.54, 1.807) is 17.8 Å². The molecule has 1 aromatic rings. The van der Waals surface area contributed by atoms with Crippen molar-refractivity contribution in [2.45, 2.75) is 13.8 Å². The van der Waals surface area contributed by atoms with Crippen LogP contribution in [0.25, 0.3) is 0 Å². The van der Waals surface area contributed by atoms with Gasteiger partial charge in [-0.1, -0.05) is 18.8 Å². The molecule has 0 radical (unpaired) electrons. The number of aryl methyl sites for hydroxylation is 1. The monoisotopic (exact) mass is 291 g/mol. The minimum Gasteiger partial charge on any atom is -0.384 e. The minimum atomic E-state index is -0.179. The molecule has 3 nitrogen and oxygen atoms in total. The Morgan fingerprint density at radius 1 is 1.45 bits per heavy atom. The molecule has 0 bridgehead atoms. The van der Waals surface area contributed by atoms with Crippen molar-refractivity contribution in [3.05, 3.63) is 34.9 Å². The summed E-state index contributed by atoms with van der Waals surface area (Å²) >= 11 is 1.78. The minimum absolute atomic E-state index is 0.0753. The van der Waals surface area contributed by atoms with Gasteiger partial charge >= 0.3 is 0 Å². The van der Waals surface area contributed by atoms with Crippen molar-refractivity contribution < 1.29 is 9.90 Å². The highest BCUT2D eigenvalue weighted by Gasteiger charge is 2.09. The Morgan fingerprint density at radius 3 is 2.85 bits per heavy atom. The van der Waals surface area contributed by atoms with E-state index in [-0.39, 0.29) is 12.5 Å². The SMILES string of the molecule is CSCC(C)CNC(=O)c1cc(C)cc(C#CCO)c1. The Balaban J connectivity index is 2.75. The first-order chi connectivity index (χ1) is 9.56. The summed E-state index contributed by atoms with van der Waals surface area (Å²) < 4.78 is 0. The summed E-state index contributed by atoms with van der Waals surface area (Å²) in [5.74, 6) is 6.83. The molecular weight excluding hydrogens is 270 g/mol. The van der Waals surface area contributed by atoms with E-state index in [2.05, 4.69) is 30.3 Å². The van der Waals surface area contributed by atoms with Crippen molar-refractivity contribution in [2.75, 3.05) is 25.2 Å². The fourth-order valence-corrected chi connectivity index (χ4v) is 2.53. The van der Waals surface area contributed by atoms with Gasteiger partial charge in [-0.25, -0.2) is 0 Å². The van der Waals surface area contributed by atoms with E-state index in [0.29, 0.717) is 18.0 Å². The maximum absolute atomic E-state index is 12.1. The summed E-state index contributed by atoms with van der Waals surface area (Å²) in [4.78, 5) is 12.1. The second-order valence-corrected chi connectivity index (χ2v) is 5.73. The van der Waals surface area contributed by atoms with Crippen molar-refractivity contribution >= 4 is 17.7 Å². The van der Waals surface area contributed by atoms with Crippen molar-refractivity contribution in [2.24, 2.45) is 5.92 Å². The van der Waals surface area contributed by atoms with Gasteiger partial charge in [0.15, 0.2) is 0 Å². The molecule has 0 saturated heterocycles. The molecule has 4 heteroatoms. The molecule has 1 rings (SSSR count). The van der Waals surface area contributed by atoms with Crippen LogP contribution in [0.4, 0.5) is 0 Å². The lowest BCUT2D eigenvalue weighted by Crippen LogP contribution is -2.29. The van der Waals surface area contributed by atoms with E-state index in [0.717, 1.165) is 16.9 Å². The van der Waals surface area contributed by atoms with Crippen LogP contribution in [-0.2, 0) is 0 Å². The van der Waals surface area contributed by atoms with Gasteiger partial charge in [0.1, 0.15) is 6.61 Å². The van der Waals surface area contributed by atoms with Crippen LogP contribution in [0.3, 0.4) is 0 Å². The topological polar surface area (TPSA) is 49.3 Å². The van der Waals surface area contributed by atoms with Crippen LogP contribution in [0.5, 0.6) is 0 Å². The first-order valence-electron chi connectivity index (χ1n) is 6.55. The zero-order valence-electron chi connectivity index (χ0n) is 12.2. The second-order valence-electron chi connectivity index (χ2n) is 4.82. The molecule has 20 heavy (non-hydrogen) atoms. The predicted octanol–water partition coefficient (Wildman–Crippen LogP) is 2.07. The number of carbonyl (C=O) groups is 1. The quantitative estimate of drug-likeness (QED) is 0.817. The highest BCUT2D eigenvalue weighted by atomic mass is 32.2. The van der Waals surface area contributed by atoms with E-state index >= 15 is 0 Å².